The van der Waals surface area contributed by atoms with Crippen LogP contribution >= 0.6 is 0 Å². The highest BCUT2D eigenvalue weighted by atomic mass is 16.5. The second-order valence-corrected chi connectivity index (χ2v) is 11.3. The summed E-state index contributed by atoms with van der Waals surface area (Å²) in [4.78, 5) is 33.2. The maximum Gasteiger partial charge on any atom is 0.338 e. The zero-order valence-corrected chi connectivity index (χ0v) is 23.8. The number of rotatable bonds is 9. The fraction of sp³-hybridized carbons (Fsp3) is 0.438. The predicted octanol–water partition coefficient (Wildman–Crippen LogP) is 4.87. The van der Waals surface area contributed by atoms with Gasteiger partial charge in [-0.05, 0) is 29.0 Å². The molecule has 0 aliphatic carbocycles. The number of nitrogens with one attached hydrogen (secondary N) is 1. The van der Waals surface area contributed by atoms with Gasteiger partial charge in [-0.1, -0.05) is 81.4 Å². The van der Waals surface area contributed by atoms with Crippen molar-refractivity contribution in [2.45, 2.75) is 45.7 Å². The van der Waals surface area contributed by atoms with Crippen molar-refractivity contribution in [2.24, 2.45) is 0 Å². The van der Waals surface area contributed by atoms with Gasteiger partial charge in [-0.25, -0.2) is 9.59 Å². The summed E-state index contributed by atoms with van der Waals surface area (Å²) in [6.07, 6.45) is 1.69. The van der Waals surface area contributed by atoms with Gasteiger partial charge in [0.25, 0.3) is 0 Å². The van der Waals surface area contributed by atoms with Gasteiger partial charge in [0.15, 0.2) is 0 Å². The zero-order chi connectivity index (χ0) is 28.0. The highest BCUT2D eigenvalue weighted by Crippen LogP contribution is 2.33. The molecule has 2 heterocycles. The number of benzene rings is 2. The first kappa shape index (κ1) is 28.6. The van der Waals surface area contributed by atoms with Gasteiger partial charge in [0.2, 0.25) is 0 Å². The molecule has 1 fully saturated rings. The Kier molecular flexibility index (Phi) is 9.25. The third kappa shape index (κ3) is 6.97. The fourth-order valence-electron chi connectivity index (χ4n) is 5.23. The third-order valence-electron chi connectivity index (χ3n) is 7.44. The van der Waals surface area contributed by atoms with Crippen LogP contribution in [0.1, 0.15) is 50.4 Å². The molecule has 2 aromatic carbocycles. The molecule has 7 heteroatoms. The Hall–Kier alpha value is -3.42. The molecule has 7 nitrogen and oxygen atoms in total. The molecular formula is C32H42N4O3. The van der Waals surface area contributed by atoms with E-state index in [1.807, 2.05) is 18.2 Å². The van der Waals surface area contributed by atoms with Crippen LogP contribution in [-0.2, 0) is 21.5 Å². The number of carbonyl (C=O) groups excluding carboxylic acids is 2. The predicted molar refractivity (Wildman–Crippen MR) is 155 cm³/mol. The fourth-order valence-corrected chi connectivity index (χ4v) is 5.23. The number of hydrogen-bond donors (Lipinski definition) is 1. The molecule has 0 spiro atoms. The van der Waals surface area contributed by atoms with E-state index < -0.39 is 12.0 Å². The molecule has 2 aliphatic rings. The van der Waals surface area contributed by atoms with Crippen molar-refractivity contribution in [1.29, 1.82) is 0 Å². The standard InChI is InChI=1S/C32H42N4O3/c1-6-17-36-27(23-35-20-18-34(19-21-35)22-24-11-9-8-10-12-24)28(30(37)39-7-2)29(33-31(36)38)25-13-15-26(16-14-25)32(3,4)5/h6,8-16,29H,1,7,17-23H2,2-5H3,(H,33,38). The summed E-state index contributed by atoms with van der Waals surface area (Å²) in [6, 6.07) is 17.9. The van der Waals surface area contributed by atoms with Crippen LogP contribution in [0.4, 0.5) is 4.79 Å². The summed E-state index contributed by atoms with van der Waals surface area (Å²) in [6.45, 7) is 17.7. The van der Waals surface area contributed by atoms with Gasteiger partial charge in [0.1, 0.15) is 0 Å². The van der Waals surface area contributed by atoms with Crippen LogP contribution in [-0.4, -0.2) is 72.6 Å². The molecule has 1 saturated heterocycles. The van der Waals surface area contributed by atoms with Crippen LogP contribution in [0.15, 0.2) is 78.5 Å². The SMILES string of the molecule is C=CCN1C(=O)NC(c2ccc(C(C)(C)C)cc2)C(C(=O)OCC)=C1CN1CCN(Cc2ccccc2)CC1. The second-order valence-electron chi connectivity index (χ2n) is 11.3. The van der Waals surface area contributed by atoms with Crippen LogP contribution in [0.25, 0.3) is 0 Å². The number of urea groups is 1. The summed E-state index contributed by atoms with van der Waals surface area (Å²) < 4.78 is 5.55. The molecule has 0 aromatic heterocycles. The first-order valence-electron chi connectivity index (χ1n) is 13.9. The third-order valence-corrected chi connectivity index (χ3v) is 7.44. The van der Waals surface area contributed by atoms with Crippen molar-refractivity contribution in [2.75, 3.05) is 45.9 Å². The van der Waals surface area contributed by atoms with Gasteiger partial charge in [0.05, 0.1) is 18.2 Å². The lowest BCUT2D eigenvalue weighted by molar-refractivity contribution is -0.139. The highest BCUT2D eigenvalue weighted by molar-refractivity contribution is 5.95. The summed E-state index contributed by atoms with van der Waals surface area (Å²) in [5.41, 5.74) is 4.55. The van der Waals surface area contributed by atoms with E-state index in [0.29, 0.717) is 24.4 Å². The maximum absolute atomic E-state index is 13.5. The molecule has 1 unspecified atom stereocenters. The molecule has 2 amide bonds. The molecule has 4 rings (SSSR count). The van der Waals surface area contributed by atoms with Crippen molar-refractivity contribution in [1.82, 2.24) is 20.0 Å². The largest absolute Gasteiger partial charge is 0.463 e. The minimum atomic E-state index is -0.582. The quantitative estimate of drug-likeness (QED) is 0.370. The lowest BCUT2D eigenvalue weighted by atomic mass is 9.85. The average molecular weight is 531 g/mol. The Morgan fingerprint density at radius 3 is 2.18 bits per heavy atom. The average Bonchev–Trinajstić information content (AvgIpc) is 2.92. The normalized spacial score (nSPS) is 19.1. The number of esters is 1. The Morgan fingerprint density at radius 1 is 1.00 bits per heavy atom. The van der Waals surface area contributed by atoms with Crippen LogP contribution < -0.4 is 5.32 Å². The van der Waals surface area contributed by atoms with E-state index >= 15 is 0 Å². The molecule has 1 atom stereocenters. The summed E-state index contributed by atoms with van der Waals surface area (Å²) in [5, 5.41) is 3.07. The molecule has 0 bridgehead atoms. The van der Waals surface area contributed by atoms with E-state index in [2.05, 4.69) is 78.9 Å². The van der Waals surface area contributed by atoms with Crippen molar-refractivity contribution >= 4 is 12.0 Å². The van der Waals surface area contributed by atoms with Crippen LogP contribution in [0.3, 0.4) is 0 Å². The molecular weight excluding hydrogens is 488 g/mol. The zero-order valence-electron chi connectivity index (χ0n) is 23.8. The Labute approximate surface area is 233 Å². The molecule has 1 N–H and O–H groups in total. The summed E-state index contributed by atoms with van der Waals surface area (Å²) >= 11 is 0. The van der Waals surface area contributed by atoms with Gasteiger partial charge < -0.3 is 10.1 Å². The smallest absolute Gasteiger partial charge is 0.338 e. The van der Waals surface area contributed by atoms with Crippen molar-refractivity contribution < 1.29 is 14.3 Å². The van der Waals surface area contributed by atoms with E-state index in [0.717, 1.165) is 38.3 Å². The minimum Gasteiger partial charge on any atom is -0.463 e. The van der Waals surface area contributed by atoms with Crippen molar-refractivity contribution in [3.8, 4) is 0 Å². The van der Waals surface area contributed by atoms with Crippen molar-refractivity contribution in [3.63, 3.8) is 0 Å². The number of amides is 2. The van der Waals surface area contributed by atoms with E-state index in [9.17, 15) is 9.59 Å². The molecule has 2 aliphatic heterocycles. The van der Waals surface area contributed by atoms with Gasteiger partial charge in [-0.3, -0.25) is 14.7 Å². The molecule has 0 saturated carbocycles. The molecule has 39 heavy (non-hydrogen) atoms. The van der Waals surface area contributed by atoms with E-state index in [4.69, 9.17) is 4.74 Å². The number of hydrogen-bond acceptors (Lipinski definition) is 5. The highest BCUT2D eigenvalue weighted by Gasteiger charge is 2.38. The minimum absolute atomic E-state index is 0.00271. The number of ether oxygens (including phenoxy) is 1. The van der Waals surface area contributed by atoms with Gasteiger partial charge >= 0.3 is 12.0 Å². The maximum atomic E-state index is 13.5. The Bertz CT molecular complexity index is 1180. The topological polar surface area (TPSA) is 65.1 Å². The molecule has 0 radical (unpaired) electrons. The first-order chi connectivity index (χ1) is 18.7. The van der Waals surface area contributed by atoms with Gasteiger partial charge in [-0.15, -0.1) is 6.58 Å². The van der Waals surface area contributed by atoms with Crippen LogP contribution in [0.5, 0.6) is 0 Å². The number of nitrogens with zero attached hydrogens (tertiary/aromatic N) is 3. The monoisotopic (exact) mass is 530 g/mol. The summed E-state index contributed by atoms with van der Waals surface area (Å²) in [5.74, 6) is -0.394. The number of piperazine rings is 1. The van der Waals surface area contributed by atoms with E-state index in [-0.39, 0.29) is 18.1 Å². The van der Waals surface area contributed by atoms with Crippen LogP contribution in [0, 0.1) is 0 Å². The lowest BCUT2D eigenvalue weighted by Gasteiger charge is -2.40. The Morgan fingerprint density at radius 2 is 1.62 bits per heavy atom. The van der Waals surface area contributed by atoms with E-state index in [1.165, 1.54) is 11.1 Å². The Balaban J connectivity index is 1.62. The van der Waals surface area contributed by atoms with Crippen molar-refractivity contribution in [3.05, 3.63) is 95.2 Å². The summed E-state index contributed by atoms with van der Waals surface area (Å²) in [7, 11) is 0. The van der Waals surface area contributed by atoms with Gasteiger partial charge in [0, 0.05) is 51.5 Å². The van der Waals surface area contributed by atoms with E-state index in [1.54, 1.807) is 17.9 Å². The van der Waals surface area contributed by atoms with Crippen LogP contribution in [0.2, 0.25) is 0 Å². The lowest BCUT2D eigenvalue weighted by Crippen LogP contribution is -2.53. The first-order valence-corrected chi connectivity index (χ1v) is 13.9. The molecule has 2 aromatic rings. The number of carbonyl (C=O) groups is 2. The molecule has 208 valence electrons. The van der Waals surface area contributed by atoms with Gasteiger partial charge in [-0.2, -0.15) is 0 Å². The second kappa shape index (κ2) is 12.6.